The summed E-state index contributed by atoms with van der Waals surface area (Å²) in [6.45, 7) is 4.59. The lowest BCUT2D eigenvalue weighted by Gasteiger charge is -2.27. The predicted octanol–water partition coefficient (Wildman–Crippen LogP) is 7.51. The average Bonchev–Trinajstić information content (AvgIpc) is 3.31. The van der Waals surface area contributed by atoms with Gasteiger partial charge in [0.05, 0.1) is 41.7 Å². The Kier molecular flexibility index (Phi) is 21.4. The van der Waals surface area contributed by atoms with Crippen LogP contribution in [0.5, 0.6) is 0 Å². The van der Waals surface area contributed by atoms with Crippen molar-refractivity contribution in [2.45, 2.75) is 53.1 Å². The van der Waals surface area contributed by atoms with Crippen LogP contribution >= 0.6 is 0 Å². The molecule has 1 unspecified atom stereocenters. The molecule has 2 amide bonds. The van der Waals surface area contributed by atoms with Crippen molar-refractivity contribution in [3.63, 3.8) is 0 Å². The number of carbonyl (C=O) groups is 2. The van der Waals surface area contributed by atoms with E-state index in [0.717, 1.165) is 0 Å². The smallest absolute Gasteiger partial charge is 0.232 e. The number of hydrogen-bond donors (Lipinski definition) is 9. The number of benzene rings is 4. The third-order valence-electron chi connectivity index (χ3n) is 9.31. The van der Waals surface area contributed by atoms with Gasteiger partial charge in [-0.3, -0.25) is 30.6 Å². The van der Waals surface area contributed by atoms with Gasteiger partial charge in [-0.15, -0.1) is 14.6 Å². The fourth-order valence-electron chi connectivity index (χ4n) is 6.43. The third-order valence-corrected chi connectivity index (χ3v) is 11.0. The number of nitrogen functional groups attached to an aromatic ring is 1. The van der Waals surface area contributed by atoms with Crippen molar-refractivity contribution < 1.29 is 68.7 Å². The van der Waals surface area contributed by atoms with Crippen LogP contribution in [0.4, 0.5) is 57.4 Å². The predicted molar refractivity (Wildman–Crippen MR) is 255 cm³/mol. The number of morpholine rings is 1. The molecule has 26 nitrogen and oxygen atoms in total. The van der Waals surface area contributed by atoms with Crippen molar-refractivity contribution in [1.82, 2.24) is 15.0 Å². The highest BCUT2D eigenvalue weighted by Gasteiger charge is 2.18. The van der Waals surface area contributed by atoms with Crippen LogP contribution in [-0.2, 0) is 91.0 Å². The van der Waals surface area contributed by atoms with Gasteiger partial charge >= 0.3 is 0 Å². The maximum atomic E-state index is 12.0. The molecule has 0 bridgehead atoms. The molecular weight excluding hydrogens is 961 g/mol. The van der Waals surface area contributed by atoms with E-state index in [1.165, 1.54) is 13.8 Å². The number of rotatable bonds is 22. The van der Waals surface area contributed by atoms with Gasteiger partial charge in [-0.05, 0) is 89.3 Å². The van der Waals surface area contributed by atoms with Gasteiger partial charge in [0.1, 0.15) is 43.6 Å². The Hall–Kier alpha value is -6.64. The van der Waals surface area contributed by atoms with Crippen LogP contribution in [0.25, 0.3) is 0 Å². The molecule has 6 rings (SSSR count). The highest BCUT2D eigenvalue weighted by Crippen LogP contribution is 2.33. The van der Waals surface area contributed by atoms with E-state index in [4.69, 9.17) is 47.9 Å². The minimum absolute atomic E-state index is 0.0548. The van der Waals surface area contributed by atoms with E-state index in [0.29, 0.717) is 119 Å². The second kappa shape index (κ2) is 27.5. The van der Waals surface area contributed by atoms with E-state index in [9.17, 15) is 13.8 Å². The summed E-state index contributed by atoms with van der Waals surface area (Å²) in [6, 6.07) is 19.7. The van der Waals surface area contributed by atoms with E-state index in [1.807, 2.05) is 4.90 Å². The molecule has 28 heteroatoms. The molecule has 5 aromatic rings. The number of nitrogens with one attached hydrogen (secondary N) is 3. The van der Waals surface area contributed by atoms with Crippen molar-refractivity contribution in [3.8, 4) is 0 Å². The molecule has 10 N–H and O–H groups in total. The maximum absolute atomic E-state index is 12.0. The standard InChI is InChI=1S/C26H32N8O9S2.C16H18N4O5/c1-17(35)27-23-14-20(4-5-22(23)33-32-21-12-18(15-41-36)11-19(13-21)16-42-37)28-25-29-24(3-2-10-45(39,44)43-38)30-26(31-25)34-6-8-40-9-7-34;1-10(21)18-16-7-13(17)2-3-15(16)20-19-14-5-11(8-24-22)4-12(6-14)9-25-23/h4-5,11-14,36-38H,2-3,6-10,15-16H2,1H3,(H,27,35)(H,28,29,30,31);2-7,22-23H,8-9,17H2,1H3,(H,18,21). The number of nitrogens with two attached hydrogens (primary N) is 1. The molecule has 1 aliphatic heterocycles. The normalized spacial score (nSPS) is 13.4. The molecule has 4 aromatic carbocycles. The van der Waals surface area contributed by atoms with E-state index in [-0.39, 0.29) is 49.9 Å². The van der Waals surface area contributed by atoms with Gasteiger partial charge < -0.3 is 31.3 Å². The summed E-state index contributed by atoms with van der Waals surface area (Å²) in [5, 5.41) is 68.9. The lowest BCUT2D eigenvalue weighted by molar-refractivity contribution is -0.254. The first-order valence-electron chi connectivity index (χ1n) is 20.8. The lowest BCUT2D eigenvalue weighted by atomic mass is 10.1. The summed E-state index contributed by atoms with van der Waals surface area (Å²) in [5.74, 6) is 0.400. The monoisotopic (exact) mass is 1010 g/mol. The highest BCUT2D eigenvalue weighted by atomic mass is 32.8. The van der Waals surface area contributed by atoms with Crippen LogP contribution in [0.15, 0.2) is 93.3 Å². The zero-order valence-electron chi connectivity index (χ0n) is 37.6. The molecule has 1 aromatic heterocycles. The van der Waals surface area contributed by atoms with Crippen LogP contribution in [0.1, 0.15) is 48.3 Å². The SMILES string of the molecule is CC(=O)Nc1cc(N)ccc1N=Nc1cc(COO)cc(COO)c1.CC(=O)Nc1cc(Nc2nc(CCCS(=O)(=S)OO)nc(N3CCOCC3)n2)ccc1N=Nc1cc(COO)cc(COO)c1. The zero-order chi connectivity index (χ0) is 50.5. The number of aryl methyl sites for hydroxylation is 1. The van der Waals surface area contributed by atoms with Crippen LogP contribution in [-0.4, -0.2) is 89.3 Å². The van der Waals surface area contributed by atoms with Crippen molar-refractivity contribution in [1.29, 1.82) is 0 Å². The molecule has 374 valence electrons. The van der Waals surface area contributed by atoms with Crippen LogP contribution in [0.2, 0.25) is 0 Å². The van der Waals surface area contributed by atoms with Gasteiger partial charge in [0.2, 0.25) is 23.7 Å². The maximum Gasteiger partial charge on any atom is 0.232 e. The average molecular weight is 1010 g/mol. The second-order valence-corrected chi connectivity index (χ2v) is 18.1. The minimum atomic E-state index is -3.24. The number of amides is 2. The van der Waals surface area contributed by atoms with E-state index < -0.39 is 8.77 Å². The third kappa shape index (κ3) is 18.0. The summed E-state index contributed by atoms with van der Waals surface area (Å²) < 4.78 is 21.2. The Balaban J connectivity index is 0.000000308. The lowest BCUT2D eigenvalue weighted by Crippen LogP contribution is -2.37. The Morgan fingerprint density at radius 1 is 0.714 bits per heavy atom. The number of aromatic nitrogens is 3. The number of hydrogen-bond acceptors (Lipinski definition) is 25. The van der Waals surface area contributed by atoms with Gasteiger partial charge in [0.25, 0.3) is 0 Å². The first kappa shape index (κ1) is 54.3. The number of nitrogens with zero attached hydrogens (tertiary/aromatic N) is 8. The Morgan fingerprint density at radius 2 is 1.21 bits per heavy atom. The molecule has 0 spiro atoms. The first-order chi connectivity index (χ1) is 33.7. The Bertz CT molecular complexity index is 2680. The minimum Gasteiger partial charge on any atom is -0.399 e. The molecular formula is C42H50N12O14S2. The van der Waals surface area contributed by atoms with Crippen LogP contribution < -0.4 is 26.6 Å². The van der Waals surface area contributed by atoms with Gasteiger partial charge in [0, 0.05) is 55.9 Å². The Labute approximate surface area is 404 Å². The topological polar surface area (TPSA) is 361 Å². The molecule has 0 aliphatic carbocycles. The zero-order valence-corrected chi connectivity index (χ0v) is 39.2. The number of ether oxygens (including phenoxy) is 1. The molecule has 0 saturated carbocycles. The van der Waals surface area contributed by atoms with Crippen LogP contribution in [0, 0.1) is 0 Å². The summed E-state index contributed by atoms with van der Waals surface area (Å²) >= 11 is 4.73. The van der Waals surface area contributed by atoms with Crippen molar-refractivity contribution >= 4 is 89.2 Å². The fraction of sp³-hybridized carbons (Fsp3) is 0.310. The summed E-state index contributed by atoms with van der Waals surface area (Å²) in [6.07, 6.45) is 0.589. The van der Waals surface area contributed by atoms with Crippen molar-refractivity contribution in [3.05, 3.63) is 101 Å². The van der Waals surface area contributed by atoms with Gasteiger partial charge in [-0.2, -0.15) is 25.2 Å². The van der Waals surface area contributed by atoms with E-state index in [1.54, 1.807) is 72.8 Å². The largest absolute Gasteiger partial charge is 0.399 e. The summed E-state index contributed by atoms with van der Waals surface area (Å²) in [4.78, 5) is 55.5. The molecule has 2 heterocycles. The van der Waals surface area contributed by atoms with Crippen molar-refractivity contribution in [2.24, 2.45) is 20.5 Å². The van der Waals surface area contributed by atoms with Crippen molar-refractivity contribution in [2.75, 3.05) is 58.6 Å². The second-order valence-electron chi connectivity index (χ2n) is 14.9. The summed E-state index contributed by atoms with van der Waals surface area (Å²) in [7, 11) is -3.24. The molecule has 1 atom stereocenters. The van der Waals surface area contributed by atoms with E-state index >= 15 is 0 Å². The van der Waals surface area contributed by atoms with Gasteiger partial charge in [-0.1, -0.05) is 12.1 Å². The molecule has 1 aliphatic rings. The first-order valence-corrected chi connectivity index (χ1v) is 23.4. The summed E-state index contributed by atoms with van der Waals surface area (Å²) in [5.41, 5.74) is 11.5. The molecule has 1 fully saturated rings. The fourth-order valence-corrected chi connectivity index (χ4v) is 7.36. The van der Waals surface area contributed by atoms with E-state index in [2.05, 4.69) is 75.2 Å². The quantitative estimate of drug-likeness (QED) is 0.0140. The van der Waals surface area contributed by atoms with Gasteiger partial charge in [0.15, 0.2) is 8.77 Å². The molecule has 1 saturated heterocycles. The Morgan fingerprint density at radius 3 is 1.70 bits per heavy atom. The molecule has 0 radical (unpaired) electrons. The molecule has 70 heavy (non-hydrogen) atoms. The number of anilines is 6. The number of azo groups is 2. The highest BCUT2D eigenvalue weighted by molar-refractivity contribution is 8.30. The van der Waals surface area contributed by atoms with Gasteiger partial charge in [-0.25, -0.2) is 29.0 Å². The number of carbonyl (C=O) groups excluding carboxylic acids is 2. The van der Waals surface area contributed by atoms with Crippen LogP contribution in [0.3, 0.4) is 0 Å².